The number of nitrogens with one attached hydrogen (secondary N) is 3. The molecule has 0 rings (SSSR count). The van der Waals surface area contributed by atoms with Gasteiger partial charge in [0.25, 0.3) is 0 Å². The van der Waals surface area contributed by atoms with Crippen molar-refractivity contribution in [3.05, 3.63) is 0 Å². The number of carbonyl (C=O) groups is 4. The van der Waals surface area contributed by atoms with Gasteiger partial charge in [0.1, 0.15) is 18.1 Å². The van der Waals surface area contributed by atoms with E-state index in [0.29, 0.717) is 0 Å². The van der Waals surface area contributed by atoms with Gasteiger partial charge in [-0.1, -0.05) is 13.8 Å². The number of hydrogen-bond donors (Lipinski definition) is 6. The molecule has 25 heavy (non-hydrogen) atoms. The molecule has 0 aromatic carbocycles. The topological polar surface area (TPSA) is 171 Å². The Morgan fingerprint density at radius 1 is 0.960 bits per heavy atom. The molecule has 0 saturated carbocycles. The van der Waals surface area contributed by atoms with Crippen LogP contribution < -0.4 is 21.7 Å². The molecule has 0 aliphatic carbocycles. The van der Waals surface area contributed by atoms with Crippen LogP contribution in [0.5, 0.6) is 0 Å². The Balaban J connectivity index is 5.14. The van der Waals surface area contributed by atoms with E-state index in [0.717, 1.165) is 0 Å². The second kappa shape index (κ2) is 10.6. The van der Waals surface area contributed by atoms with E-state index in [9.17, 15) is 24.3 Å². The van der Waals surface area contributed by atoms with Gasteiger partial charge in [0.2, 0.25) is 17.7 Å². The summed E-state index contributed by atoms with van der Waals surface area (Å²) in [5, 5.41) is 25.6. The van der Waals surface area contributed by atoms with Gasteiger partial charge in [-0.05, 0) is 26.2 Å². The molecule has 0 bridgehead atoms. The Kier molecular flexibility index (Phi) is 9.69. The molecule has 0 aliphatic heterocycles. The summed E-state index contributed by atoms with van der Waals surface area (Å²) in [6, 6.07) is -3.41. The van der Waals surface area contributed by atoms with E-state index in [1.807, 2.05) is 13.8 Å². The molecule has 10 nitrogen and oxygen atoms in total. The number of amides is 3. The molecule has 0 fully saturated rings. The standard InChI is InChI=1S/C15H28N4O6/c1-7(2)5-10(13(22)17-8(3)15(24)25)18-14(23)12(9(4)20)19-11(21)6-16/h7-10,12,20H,5-6,16H2,1-4H3,(H,17,22)(H,18,23)(H,19,21)(H,24,25). The zero-order chi connectivity index (χ0) is 19.7. The van der Waals surface area contributed by atoms with Crippen molar-refractivity contribution in [3.63, 3.8) is 0 Å². The summed E-state index contributed by atoms with van der Waals surface area (Å²) in [4.78, 5) is 46.8. The Labute approximate surface area is 146 Å². The van der Waals surface area contributed by atoms with Gasteiger partial charge in [0.15, 0.2) is 0 Å². The maximum absolute atomic E-state index is 12.3. The minimum atomic E-state index is -1.28. The molecule has 0 heterocycles. The summed E-state index contributed by atoms with van der Waals surface area (Å²) in [7, 11) is 0. The number of nitrogens with two attached hydrogens (primary N) is 1. The molecule has 0 aromatic heterocycles. The molecule has 4 atom stereocenters. The van der Waals surface area contributed by atoms with Crippen molar-refractivity contribution in [1.82, 2.24) is 16.0 Å². The number of aliphatic hydroxyl groups excluding tert-OH is 1. The Hall–Kier alpha value is -2.20. The summed E-state index contributed by atoms with van der Waals surface area (Å²) in [6.07, 6.45) is -0.961. The lowest BCUT2D eigenvalue weighted by atomic mass is 10.0. The normalized spacial score (nSPS) is 15.6. The molecule has 3 amide bonds. The van der Waals surface area contributed by atoms with E-state index in [1.54, 1.807) is 0 Å². The van der Waals surface area contributed by atoms with Crippen molar-refractivity contribution in [2.45, 2.75) is 58.3 Å². The van der Waals surface area contributed by atoms with Crippen LogP contribution in [0.2, 0.25) is 0 Å². The van der Waals surface area contributed by atoms with E-state index in [1.165, 1.54) is 13.8 Å². The fourth-order valence-corrected chi connectivity index (χ4v) is 1.98. The van der Waals surface area contributed by atoms with Crippen molar-refractivity contribution in [1.29, 1.82) is 0 Å². The van der Waals surface area contributed by atoms with Crippen molar-refractivity contribution in [2.75, 3.05) is 6.54 Å². The number of aliphatic hydroxyl groups is 1. The smallest absolute Gasteiger partial charge is 0.325 e. The van der Waals surface area contributed by atoms with Crippen LogP contribution in [0.4, 0.5) is 0 Å². The van der Waals surface area contributed by atoms with Gasteiger partial charge in [0.05, 0.1) is 12.6 Å². The summed E-state index contributed by atoms with van der Waals surface area (Å²) in [5.74, 6) is -3.24. The number of carbonyl (C=O) groups excluding carboxylic acids is 3. The number of rotatable bonds is 10. The predicted octanol–water partition coefficient (Wildman–Crippen LogP) is -2.07. The lowest BCUT2D eigenvalue weighted by molar-refractivity contribution is -0.142. The molecule has 144 valence electrons. The predicted molar refractivity (Wildman–Crippen MR) is 89.3 cm³/mol. The molecule has 0 radical (unpaired) electrons. The van der Waals surface area contributed by atoms with Crippen LogP contribution in [-0.2, 0) is 19.2 Å². The number of carboxylic acid groups (broad SMARTS) is 1. The van der Waals surface area contributed by atoms with Crippen LogP contribution in [0.15, 0.2) is 0 Å². The minimum Gasteiger partial charge on any atom is -0.480 e. The molecule has 10 heteroatoms. The average Bonchev–Trinajstić information content (AvgIpc) is 2.50. The summed E-state index contributed by atoms with van der Waals surface area (Å²) < 4.78 is 0. The van der Waals surface area contributed by atoms with Gasteiger partial charge in [-0.15, -0.1) is 0 Å². The fraction of sp³-hybridized carbons (Fsp3) is 0.733. The fourth-order valence-electron chi connectivity index (χ4n) is 1.98. The van der Waals surface area contributed by atoms with Crippen molar-refractivity contribution in [3.8, 4) is 0 Å². The van der Waals surface area contributed by atoms with Gasteiger partial charge < -0.3 is 31.9 Å². The van der Waals surface area contributed by atoms with E-state index in [2.05, 4.69) is 16.0 Å². The van der Waals surface area contributed by atoms with Crippen LogP contribution in [0.1, 0.15) is 34.1 Å². The molecule has 0 saturated heterocycles. The third kappa shape index (κ3) is 8.45. The van der Waals surface area contributed by atoms with Crippen molar-refractivity contribution < 1.29 is 29.4 Å². The molecule has 0 aliphatic rings. The zero-order valence-corrected chi connectivity index (χ0v) is 14.9. The van der Waals surface area contributed by atoms with Crippen LogP contribution in [0.25, 0.3) is 0 Å². The largest absolute Gasteiger partial charge is 0.480 e. The van der Waals surface area contributed by atoms with Gasteiger partial charge in [-0.25, -0.2) is 0 Å². The minimum absolute atomic E-state index is 0.0276. The lowest BCUT2D eigenvalue weighted by Crippen LogP contribution is -2.58. The quantitative estimate of drug-likeness (QED) is 0.260. The Bertz CT molecular complexity index is 494. The van der Waals surface area contributed by atoms with E-state index in [-0.39, 0.29) is 18.9 Å². The Morgan fingerprint density at radius 3 is 1.92 bits per heavy atom. The molecular weight excluding hydrogens is 332 g/mol. The highest BCUT2D eigenvalue weighted by Crippen LogP contribution is 2.07. The first-order chi connectivity index (χ1) is 11.5. The lowest BCUT2D eigenvalue weighted by Gasteiger charge is -2.26. The molecule has 0 spiro atoms. The monoisotopic (exact) mass is 360 g/mol. The average molecular weight is 360 g/mol. The molecule has 0 aromatic rings. The highest BCUT2D eigenvalue weighted by atomic mass is 16.4. The van der Waals surface area contributed by atoms with Crippen molar-refractivity contribution >= 4 is 23.7 Å². The van der Waals surface area contributed by atoms with Gasteiger partial charge in [-0.2, -0.15) is 0 Å². The Morgan fingerprint density at radius 2 is 1.52 bits per heavy atom. The highest BCUT2D eigenvalue weighted by molar-refractivity contribution is 5.93. The summed E-state index contributed by atoms with van der Waals surface area (Å²) in [6.45, 7) is 5.91. The van der Waals surface area contributed by atoms with Crippen LogP contribution >= 0.6 is 0 Å². The van der Waals surface area contributed by atoms with Gasteiger partial charge in [-0.3, -0.25) is 19.2 Å². The summed E-state index contributed by atoms with van der Waals surface area (Å²) >= 11 is 0. The highest BCUT2D eigenvalue weighted by Gasteiger charge is 2.30. The second-order valence-electron chi connectivity index (χ2n) is 6.25. The third-order valence-corrected chi connectivity index (χ3v) is 3.34. The van der Waals surface area contributed by atoms with Crippen molar-refractivity contribution in [2.24, 2.45) is 11.7 Å². The van der Waals surface area contributed by atoms with Gasteiger partial charge in [0, 0.05) is 0 Å². The van der Waals surface area contributed by atoms with E-state index >= 15 is 0 Å². The number of aliphatic carboxylic acids is 1. The third-order valence-electron chi connectivity index (χ3n) is 3.34. The maximum Gasteiger partial charge on any atom is 0.325 e. The van der Waals surface area contributed by atoms with Gasteiger partial charge >= 0.3 is 5.97 Å². The van der Waals surface area contributed by atoms with E-state index in [4.69, 9.17) is 10.8 Å². The first-order valence-corrected chi connectivity index (χ1v) is 8.00. The SMILES string of the molecule is CC(C)CC(NC(=O)C(NC(=O)CN)C(C)O)C(=O)NC(C)C(=O)O. The number of carboxylic acids is 1. The zero-order valence-electron chi connectivity index (χ0n) is 14.9. The molecule has 4 unspecified atom stereocenters. The van der Waals surface area contributed by atoms with Crippen LogP contribution in [0, 0.1) is 5.92 Å². The number of hydrogen-bond acceptors (Lipinski definition) is 6. The van der Waals surface area contributed by atoms with Crippen LogP contribution in [-0.4, -0.2) is 64.7 Å². The molecular formula is C15H28N4O6. The maximum atomic E-state index is 12.3. The van der Waals surface area contributed by atoms with E-state index < -0.39 is 47.9 Å². The molecule has 7 N–H and O–H groups in total. The van der Waals surface area contributed by atoms with Crippen LogP contribution in [0.3, 0.4) is 0 Å². The first kappa shape index (κ1) is 22.8. The first-order valence-electron chi connectivity index (χ1n) is 8.00. The summed E-state index contributed by atoms with van der Waals surface area (Å²) in [5.41, 5.74) is 5.17. The second-order valence-corrected chi connectivity index (χ2v) is 6.25.